The van der Waals surface area contributed by atoms with Gasteiger partial charge in [0.2, 0.25) is 0 Å². The van der Waals surface area contributed by atoms with Crippen LogP contribution in [0.1, 0.15) is 24.0 Å². The van der Waals surface area contributed by atoms with E-state index in [0.717, 1.165) is 25.0 Å². The second-order valence-electron chi connectivity index (χ2n) is 5.03. The van der Waals surface area contributed by atoms with E-state index in [1.165, 1.54) is 12.1 Å². The molecule has 2 rings (SSSR count). The van der Waals surface area contributed by atoms with Crippen molar-refractivity contribution in [2.24, 2.45) is 5.92 Å². The molecule has 0 spiro atoms. The fourth-order valence-electron chi connectivity index (χ4n) is 2.17. The van der Waals surface area contributed by atoms with Crippen molar-refractivity contribution < 1.29 is 27.4 Å². The Hall–Kier alpha value is -1.56. The lowest BCUT2D eigenvalue weighted by Crippen LogP contribution is -2.27. The summed E-state index contributed by atoms with van der Waals surface area (Å²) >= 11 is 0. The highest BCUT2D eigenvalue weighted by Gasteiger charge is 2.29. The molecule has 1 atom stereocenters. The summed E-state index contributed by atoms with van der Waals surface area (Å²) in [5, 5.41) is 0. The first-order valence-electron chi connectivity index (χ1n) is 6.87. The summed E-state index contributed by atoms with van der Waals surface area (Å²) in [6, 6.07) is 4.87. The number of rotatable bonds is 4. The molecule has 0 radical (unpaired) electrons. The van der Waals surface area contributed by atoms with Crippen LogP contribution in [0, 0.1) is 5.92 Å². The van der Waals surface area contributed by atoms with Gasteiger partial charge in [0.1, 0.15) is 0 Å². The zero-order valence-corrected chi connectivity index (χ0v) is 11.5. The van der Waals surface area contributed by atoms with Crippen LogP contribution in [0.5, 0.6) is 0 Å². The van der Waals surface area contributed by atoms with E-state index in [2.05, 4.69) is 0 Å². The predicted molar refractivity (Wildman–Crippen MR) is 69.7 cm³/mol. The normalized spacial score (nSPS) is 19.3. The lowest BCUT2D eigenvalue weighted by Gasteiger charge is -2.20. The molecule has 1 aromatic carbocycles. The van der Waals surface area contributed by atoms with Crippen molar-refractivity contribution in [1.82, 2.24) is 0 Å². The first-order valence-corrected chi connectivity index (χ1v) is 6.87. The topological polar surface area (TPSA) is 35.5 Å². The van der Waals surface area contributed by atoms with Gasteiger partial charge in [0.25, 0.3) is 0 Å². The first kappa shape index (κ1) is 15.8. The van der Waals surface area contributed by atoms with Crippen LogP contribution in [0.2, 0.25) is 0 Å². The van der Waals surface area contributed by atoms with Crippen LogP contribution in [-0.2, 0) is 26.9 Å². The number of ether oxygens (including phenoxy) is 2. The van der Waals surface area contributed by atoms with Gasteiger partial charge in [0.05, 0.1) is 24.7 Å². The minimum Gasteiger partial charge on any atom is -0.465 e. The summed E-state index contributed by atoms with van der Waals surface area (Å²) in [6.45, 7) is 1.23. The highest BCUT2D eigenvalue weighted by molar-refractivity contribution is 5.72. The van der Waals surface area contributed by atoms with Crippen molar-refractivity contribution >= 4 is 5.97 Å². The quantitative estimate of drug-likeness (QED) is 0.801. The predicted octanol–water partition coefficient (Wildman–Crippen LogP) is 3.22. The Balaban J connectivity index is 1.76. The molecule has 1 saturated heterocycles. The maximum atomic E-state index is 12.4. The lowest BCUT2D eigenvalue weighted by atomic mass is 10.0. The highest BCUT2D eigenvalue weighted by Crippen LogP contribution is 2.29. The molecule has 1 fully saturated rings. The van der Waals surface area contributed by atoms with Gasteiger partial charge in [-0.3, -0.25) is 4.79 Å². The summed E-state index contributed by atoms with van der Waals surface area (Å²) < 4.78 is 47.6. The van der Waals surface area contributed by atoms with Gasteiger partial charge in [0, 0.05) is 13.0 Å². The molecule has 6 heteroatoms. The third-order valence-electron chi connectivity index (χ3n) is 3.41. The number of hydrogen-bond donors (Lipinski definition) is 0. The van der Waals surface area contributed by atoms with Crippen LogP contribution in [0.15, 0.2) is 24.3 Å². The van der Waals surface area contributed by atoms with Crippen LogP contribution < -0.4 is 0 Å². The number of carbonyl (C=O) groups is 1. The van der Waals surface area contributed by atoms with Gasteiger partial charge in [-0.15, -0.1) is 0 Å². The second kappa shape index (κ2) is 6.93. The molecule has 0 amide bonds. The Bertz CT molecular complexity index is 462. The summed E-state index contributed by atoms with van der Waals surface area (Å²) in [7, 11) is 0. The number of alkyl halides is 3. The van der Waals surface area contributed by atoms with Gasteiger partial charge in [-0.2, -0.15) is 13.2 Å². The van der Waals surface area contributed by atoms with Gasteiger partial charge in [-0.05, 0) is 30.5 Å². The lowest BCUT2D eigenvalue weighted by molar-refractivity contribution is -0.152. The van der Waals surface area contributed by atoms with Gasteiger partial charge < -0.3 is 9.47 Å². The van der Waals surface area contributed by atoms with E-state index in [1.807, 2.05) is 0 Å². The minimum absolute atomic E-state index is 0.167. The zero-order valence-electron chi connectivity index (χ0n) is 11.5. The van der Waals surface area contributed by atoms with Crippen LogP contribution in [0.3, 0.4) is 0 Å². The molecule has 1 aliphatic heterocycles. The minimum atomic E-state index is -4.33. The van der Waals surface area contributed by atoms with Gasteiger partial charge in [-0.1, -0.05) is 12.1 Å². The molecule has 1 aromatic rings. The molecular weight excluding hydrogens is 285 g/mol. The van der Waals surface area contributed by atoms with Crippen molar-refractivity contribution in [2.45, 2.75) is 25.4 Å². The van der Waals surface area contributed by atoms with Crippen LogP contribution >= 0.6 is 0 Å². The summed E-state index contributed by atoms with van der Waals surface area (Å²) in [6.07, 6.45) is -2.32. The smallest absolute Gasteiger partial charge is 0.416 e. The zero-order chi connectivity index (χ0) is 15.3. The van der Waals surface area contributed by atoms with E-state index in [1.54, 1.807) is 0 Å². The maximum Gasteiger partial charge on any atom is 0.416 e. The Morgan fingerprint density at radius 2 is 2.00 bits per heavy atom. The molecule has 0 N–H and O–H groups in total. The van der Waals surface area contributed by atoms with Crippen molar-refractivity contribution in [3.05, 3.63) is 35.4 Å². The third kappa shape index (κ3) is 4.74. The number of halogens is 3. The van der Waals surface area contributed by atoms with E-state index in [0.29, 0.717) is 25.2 Å². The Kier molecular flexibility index (Phi) is 5.22. The largest absolute Gasteiger partial charge is 0.465 e. The Morgan fingerprint density at radius 3 is 2.57 bits per heavy atom. The van der Waals surface area contributed by atoms with Crippen molar-refractivity contribution in [3.8, 4) is 0 Å². The fraction of sp³-hybridized carbons (Fsp3) is 0.533. The maximum absolute atomic E-state index is 12.4. The molecule has 116 valence electrons. The van der Waals surface area contributed by atoms with Crippen molar-refractivity contribution in [1.29, 1.82) is 0 Å². The first-order chi connectivity index (χ1) is 9.97. The van der Waals surface area contributed by atoms with E-state index < -0.39 is 11.7 Å². The van der Waals surface area contributed by atoms with Crippen molar-refractivity contribution in [3.63, 3.8) is 0 Å². The van der Waals surface area contributed by atoms with Crippen LogP contribution in [-0.4, -0.2) is 25.8 Å². The summed E-state index contributed by atoms with van der Waals surface area (Å²) in [4.78, 5) is 11.7. The molecule has 1 heterocycles. The molecule has 0 aliphatic carbocycles. The third-order valence-corrected chi connectivity index (χ3v) is 3.41. The van der Waals surface area contributed by atoms with E-state index in [-0.39, 0.29) is 18.5 Å². The fourth-order valence-corrected chi connectivity index (χ4v) is 2.17. The Morgan fingerprint density at radius 1 is 1.29 bits per heavy atom. The van der Waals surface area contributed by atoms with E-state index >= 15 is 0 Å². The van der Waals surface area contributed by atoms with E-state index in [4.69, 9.17) is 9.47 Å². The number of hydrogen-bond acceptors (Lipinski definition) is 3. The number of esters is 1. The van der Waals surface area contributed by atoms with Gasteiger partial charge >= 0.3 is 12.1 Å². The Labute approximate surface area is 121 Å². The summed E-state index contributed by atoms with van der Waals surface area (Å²) in [5.74, 6) is -0.507. The monoisotopic (exact) mass is 302 g/mol. The average molecular weight is 302 g/mol. The molecule has 21 heavy (non-hydrogen) atoms. The number of carbonyl (C=O) groups excluding carboxylic acids is 1. The highest BCUT2D eigenvalue weighted by atomic mass is 19.4. The molecule has 0 saturated carbocycles. The van der Waals surface area contributed by atoms with Crippen LogP contribution in [0.25, 0.3) is 0 Å². The molecular formula is C15H17F3O3. The van der Waals surface area contributed by atoms with Gasteiger partial charge in [-0.25, -0.2) is 0 Å². The molecule has 3 nitrogen and oxygen atoms in total. The van der Waals surface area contributed by atoms with Crippen LogP contribution in [0.4, 0.5) is 13.2 Å². The molecule has 1 unspecified atom stereocenters. The standard InChI is InChI=1S/C15H17F3O3/c16-15(17,18)13-5-3-11(4-6-13)7-9-21-14(19)12-2-1-8-20-10-12/h3-6,12H,1-2,7-10H2. The average Bonchev–Trinajstić information content (AvgIpc) is 2.47. The second-order valence-corrected chi connectivity index (χ2v) is 5.03. The molecule has 0 aromatic heterocycles. The van der Waals surface area contributed by atoms with Gasteiger partial charge in [0.15, 0.2) is 0 Å². The summed E-state index contributed by atoms with van der Waals surface area (Å²) in [5.41, 5.74) is 0.0262. The number of benzene rings is 1. The van der Waals surface area contributed by atoms with Crippen molar-refractivity contribution in [2.75, 3.05) is 19.8 Å². The molecule has 1 aliphatic rings. The van der Waals surface area contributed by atoms with E-state index in [9.17, 15) is 18.0 Å². The molecule has 0 bridgehead atoms. The SMILES string of the molecule is O=C(OCCc1ccc(C(F)(F)F)cc1)C1CCCOC1.